The van der Waals surface area contributed by atoms with Crippen molar-refractivity contribution in [2.24, 2.45) is 7.05 Å². The molecule has 1 aromatic heterocycles. The molecule has 0 spiro atoms. The molecule has 2 N–H and O–H groups in total. The number of nitrogens with zero attached hydrogens (tertiary/aromatic N) is 2. The molecule has 1 heterocycles. The fourth-order valence-corrected chi connectivity index (χ4v) is 2.31. The van der Waals surface area contributed by atoms with E-state index in [-0.39, 0.29) is 18.4 Å². The summed E-state index contributed by atoms with van der Waals surface area (Å²) < 4.78 is 1.64. The minimum absolute atomic E-state index is 0.0822. The van der Waals surface area contributed by atoms with E-state index in [2.05, 4.69) is 15.7 Å². The van der Waals surface area contributed by atoms with Gasteiger partial charge in [-0.25, -0.2) is 0 Å². The Morgan fingerprint density at radius 3 is 2.55 bits per heavy atom. The lowest BCUT2D eigenvalue weighted by molar-refractivity contribution is -0.115. The van der Waals surface area contributed by atoms with Gasteiger partial charge in [0.25, 0.3) is 5.91 Å². The van der Waals surface area contributed by atoms with Gasteiger partial charge in [-0.15, -0.1) is 0 Å². The Labute approximate surface area is 129 Å². The average molecular weight is 300 g/mol. The smallest absolute Gasteiger partial charge is 0.251 e. The first-order valence-corrected chi connectivity index (χ1v) is 7.18. The summed E-state index contributed by atoms with van der Waals surface area (Å²) in [6.45, 7) is 3.84. The summed E-state index contributed by atoms with van der Waals surface area (Å²) in [7, 11) is 1.78. The quantitative estimate of drug-likeness (QED) is 0.881. The van der Waals surface area contributed by atoms with Crippen molar-refractivity contribution in [3.05, 3.63) is 47.2 Å². The molecule has 2 rings (SSSR count). The van der Waals surface area contributed by atoms with Gasteiger partial charge < -0.3 is 10.6 Å². The van der Waals surface area contributed by atoms with Crippen LogP contribution in [-0.2, 0) is 18.3 Å². The lowest BCUT2D eigenvalue weighted by Crippen LogP contribution is -2.33. The van der Waals surface area contributed by atoms with E-state index in [1.165, 1.54) is 0 Å². The number of hydrogen-bond acceptors (Lipinski definition) is 3. The maximum Gasteiger partial charge on any atom is 0.251 e. The Hall–Kier alpha value is -2.63. The van der Waals surface area contributed by atoms with E-state index in [9.17, 15) is 9.59 Å². The molecule has 0 aliphatic heterocycles. The van der Waals surface area contributed by atoms with Gasteiger partial charge in [0.1, 0.15) is 5.82 Å². The third-order valence-corrected chi connectivity index (χ3v) is 3.40. The lowest BCUT2D eigenvalue weighted by atomic mass is 10.2. The van der Waals surface area contributed by atoms with Gasteiger partial charge in [-0.3, -0.25) is 14.3 Å². The second-order valence-electron chi connectivity index (χ2n) is 4.99. The number of carbonyl (C=O) groups is 2. The predicted molar refractivity (Wildman–Crippen MR) is 84.7 cm³/mol. The molecule has 0 aliphatic rings. The Kier molecular flexibility index (Phi) is 4.93. The molecule has 2 amide bonds. The van der Waals surface area contributed by atoms with Crippen LogP contribution in [-0.4, -0.2) is 28.1 Å². The van der Waals surface area contributed by atoms with Crippen LogP contribution in [0.25, 0.3) is 0 Å². The molecule has 116 valence electrons. The van der Waals surface area contributed by atoms with Gasteiger partial charge in [0.15, 0.2) is 0 Å². The zero-order valence-corrected chi connectivity index (χ0v) is 13.0. The third kappa shape index (κ3) is 3.52. The monoisotopic (exact) mass is 300 g/mol. The first-order chi connectivity index (χ1) is 10.5. The highest BCUT2D eigenvalue weighted by Crippen LogP contribution is 2.18. The first-order valence-electron chi connectivity index (χ1n) is 7.18. The normalized spacial score (nSPS) is 10.3. The minimum atomic E-state index is -0.276. The molecule has 0 radical (unpaired) electrons. The maximum absolute atomic E-state index is 12.0. The molecule has 0 fully saturated rings. The molecule has 0 saturated heterocycles. The van der Waals surface area contributed by atoms with Crippen LogP contribution < -0.4 is 10.6 Å². The molecule has 1 aromatic carbocycles. The number of aromatic nitrogens is 2. The molecular formula is C16H20N4O2. The predicted octanol–water partition coefficient (Wildman–Crippen LogP) is 1.66. The molecule has 0 atom stereocenters. The van der Waals surface area contributed by atoms with Crippen LogP contribution in [0.3, 0.4) is 0 Å². The number of amides is 2. The third-order valence-electron chi connectivity index (χ3n) is 3.40. The van der Waals surface area contributed by atoms with E-state index in [0.717, 1.165) is 17.7 Å². The number of benzene rings is 1. The average Bonchev–Trinajstić information content (AvgIpc) is 2.79. The Morgan fingerprint density at radius 1 is 1.23 bits per heavy atom. The number of anilines is 1. The molecular weight excluding hydrogens is 280 g/mol. The topological polar surface area (TPSA) is 76.0 Å². The molecule has 22 heavy (non-hydrogen) atoms. The number of aryl methyl sites for hydroxylation is 2. The van der Waals surface area contributed by atoms with Crippen molar-refractivity contribution in [2.45, 2.75) is 20.3 Å². The Bertz CT molecular complexity index is 677. The molecule has 6 nitrogen and oxygen atoms in total. The fraction of sp³-hybridized carbons (Fsp3) is 0.312. The zero-order valence-electron chi connectivity index (χ0n) is 13.0. The van der Waals surface area contributed by atoms with E-state index < -0.39 is 0 Å². The standard InChI is InChI=1S/C16H20N4O2/c1-4-13-11(2)19-20(3)15(13)18-14(21)10-17-16(22)12-8-6-5-7-9-12/h5-9H,4,10H2,1-3H3,(H,17,22)(H,18,21). The first kappa shape index (κ1) is 15.8. The molecule has 2 aromatic rings. The largest absolute Gasteiger partial charge is 0.343 e. The summed E-state index contributed by atoms with van der Waals surface area (Å²) in [5, 5.41) is 9.70. The summed E-state index contributed by atoms with van der Waals surface area (Å²) in [6.07, 6.45) is 0.783. The molecule has 6 heteroatoms. The second kappa shape index (κ2) is 6.89. The van der Waals surface area contributed by atoms with E-state index in [1.807, 2.05) is 19.9 Å². The van der Waals surface area contributed by atoms with Crippen molar-refractivity contribution < 1.29 is 9.59 Å². The van der Waals surface area contributed by atoms with Crippen molar-refractivity contribution in [1.82, 2.24) is 15.1 Å². The Morgan fingerprint density at radius 2 is 1.91 bits per heavy atom. The highest BCUT2D eigenvalue weighted by atomic mass is 16.2. The summed E-state index contributed by atoms with van der Waals surface area (Å²) in [4.78, 5) is 23.9. The Balaban J connectivity index is 1.95. The highest BCUT2D eigenvalue weighted by Gasteiger charge is 2.14. The highest BCUT2D eigenvalue weighted by molar-refractivity contribution is 5.99. The van der Waals surface area contributed by atoms with Crippen molar-refractivity contribution >= 4 is 17.6 Å². The molecule has 0 unspecified atom stereocenters. The van der Waals surface area contributed by atoms with E-state index in [0.29, 0.717) is 11.4 Å². The van der Waals surface area contributed by atoms with Crippen molar-refractivity contribution in [1.29, 1.82) is 0 Å². The van der Waals surface area contributed by atoms with E-state index in [1.54, 1.807) is 36.0 Å². The van der Waals surface area contributed by atoms with Crippen LogP contribution in [0.2, 0.25) is 0 Å². The number of nitrogens with one attached hydrogen (secondary N) is 2. The van der Waals surface area contributed by atoms with Crippen molar-refractivity contribution in [3.8, 4) is 0 Å². The van der Waals surface area contributed by atoms with Crippen molar-refractivity contribution in [2.75, 3.05) is 11.9 Å². The number of hydrogen-bond donors (Lipinski definition) is 2. The van der Waals surface area contributed by atoms with Gasteiger partial charge in [0, 0.05) is 18.2 Å². The SMILES string of the molecule is CCc1c(C)nn(C)c1NC(=O)CNC(=O)c1ccccc1. The fourth-order valence-electron chi connectivity index (χ4n) is 2.31. The van der Waals surface area contributed by atoms with Crippen molar-refractivity contribution in [3.63, 3.8) is 0 Å². The van der Waals surface area contributed by atoms with Gasteiger partial charge >= 0.3 is 0 Å². The lowest BCUT2D eigenvalue weighted by Gasteiger charge is -2.09. The summed E-state index contributed by atoms with van der Waals surface area (Å²) in [6, 6.07) is 8.79. The summed E-state index contributed by atoms with van der Waals surface area (Å²) in [5.74, 6) is 0.133. The minimum Gasteiger partial charge on any atom is -0.343 e. The van der Waals surface area contributed by atoms with Crippen LogP contribution in [0.4, 0.5) is 5.82 Å². The van der Waals surface area contributed by atoms with Gasteiger partial charge in [0.2, 0.25) is 5.91 Å². The summed E-state index contributed by atoms with van der Waals surface area (Å²) >= 11 is 0. The van der Waals surface area contributed by atoms with Crippen LogP contribution in [0, 0.1) is 6.92 Å². The summed E-state index contributed by atoms with van der Waals surface area (Å²) in [5.41, 5.74) is 2.43. The molecule has 0 aliphatic carbocycles. The van der Waals surface area contributed by atoms with E-state index >= 15 is 0 Å². The molecule has 0 saturated carbocycles. The van der Waals surface area contributed by atoms with Gasteiger partial charge in [-0.1, -0.05) is 25.1 Å². The van der Waals surface area contributed by atoms with Gasteiger partial charge in [-0.05, 0) is 25.5 Å². The van der Waals surface area contributed by atoms with Gasteiger partial charge in [-0.2, -0.15) is 5.10 Å². The van der Waals surface area contributed by atoms with Crippen LogP contribution in [0.1, 0.15) is 28.5 Å². The van der Waals surface area contributed by atoms with E-state index in [4.69, 9.17) is 0 Å². The molecule has 0 bridgehead atoms. The van der Waals surface area contributed by atoms with Crippen LogP contribution >= 0.6 is 0 Å². The van der Waals surface area contributed by atoms with Crippen LogP contribution in [0.15, 0.2) is 30.3 Å². The number of rotatable bonds is 5. The maximum atomic E-state index is 12.0. The zero-order chi connectivity index (χ0) is 16.1. The van der Waals surface area contributed by atoms with Crippen LogP contribution in [0.5, 0.6) is 0 Å². The second-order valence-corrected chi connectivity index (χ2v) is 4.99. The number of carbonyl (C=O) groups excluding carboxylic acids is 2. The van der Waals surface area contributed by atoms with Gasteiger partial charge in [0.05, 0.1) is 12.2 Å².